The number of likely N-dealkylation sites (tertiary alicyclic amines) is 1. The van der Waals surface area contributed by atoms with Crippen molar-refractivity contribution in [2.45, 2.75) is 43.3 Å². The zero-order chi connectivity index (χ0) is 28.2. The molecule has 0 bridgehead atoms. The summed E-state index contributed by atoms with van der Waals surface area (Å²) in [5, 5.41) is 31.8. The summed E-state index contributed by atoms with van der Waals surface area (Å²) < 4.78 is 45.3. The molecule has 7 nitrogen and oxygen atoms in total. The Morgan fingerprint density at radius 2 is 1.87 bits per heavy atom. The van der Waals surface area contributed by atoms with Gasteiger partial charge in [-0.05, 0) is 74.7 Å². The first-order chi connectivity index (χ1) is 18.7. The van der Waals surface area contributed by atoms with Crippen LogP contribution >= 0.6 is 11.8 Å². The molecule has 0 radical (unpaired) electrons. The van der Waals surface area contributed by atoms with Crippen molar-refractivity contribution >= 4 is 28.6 Å². The van der Waals surface area contributed by atoms with Gasteiger partial charge in [-0.2, -0.15) is 0 Å². The predicted molar refractivity (Wildman–Crippen MR) is 141 cm³/mol. The number of ether oxygens (including phenoxy) is 1. The van der Waals surface area contributed by atoms with Crippen LogP contribution in [0.15, 0.2) is 41.4 Å². The fourth-order valence-electron chi connectivity index (χ4n) is 5.12. The molecular formula is C28H31F3N2O5S. The number of hydrogen-bond acceptors (Lipinski definition) is 7. The molecule has 4 rings (SSSR count). The molecule has 210 valence electrons. The Kier molecular flexibility index (Phi) is 9.37. The Labute approximate surface area is 228 Å². The second kappa shape index (κ2) is 12.5. The standard InChI is InChI=1S/C28H31F3N2O5S/c1-38-18-2-3-23-20(12-18)25(17(16-34)15-32-23)24(35)4-5-28(27(36)37)6-8-33(9-7-28)10-11-39-19-13-21(29)26(31)22(30)14-19/h2-3,12-15,24,34-35H,4-11,16H2,1H3,(H,36,37)/t24-/m0/s1. The highest BCUT2D eigenvalue weighted by atomic mass is 32.2. The third-order valence-electron chi connectivity index (χ3n) is 7.50. The normalized spacial score (nSPS) is 16.4. The third-order valence-corrected chi connectivity index (χ3v) is 8.46. The Balaban J connectivity index is 1.38. The number of aliphatic hydroxyl groups is 2. The Morgan fingerprint density at radius 3 is 2.49 bits per heavy atom. The molecule has 0 spiro atoms. The number of pyridine rings is 1. The summed E-state index contributed by atoms with van der Waals surface area (Å²) in [5.41, 5.74) is 0.617. The second-order valence-electron chi connectivity index (χ2n) is 9.77. The highest BCUT2D eigenvalue weighted by molar-refractivity contribution is 7.99. The minimum Gasteiger partial charge on any atom is -0.497 e. The number of aromatic nitrogens is 1. The van der Waals surface area contributed by atoms with Gasteiger partial charge in [0, 0.05) is 34.3 Å². The number of carboxylic acids is 1. The number of methoxy groups -OCH3 is 1. The first-order valence-corrected chi connectivity index (χ1v) is 13.6. The molecule has 2 aromatic carbocycles. The van der Waals surface area contributed by atoms with Crippen molar-refractivity contribution in [3.63, 3.8) is 0 Å². The van der Waals surface area contributed by atoms with Crippen molar-refractivity contribution in [3.05, 3.63) is 65.1 Å². The number of halogens is 3. The minimum absolute atomic E-state index is 0.188. The zero-order valence-electron chi connectivity index (χ0n) is 21.5. The quantitative estimate of drug-likeness (QED) is 0.223. The first kappa shape index (κ1) is 29.1. The molecule has 39 heavy (non-hydrogen) atoms. The van der Waals surface area contributed by atoms with E-state index in [1.165, 1.54) is 25.1 Å². The SMILES string of the molecule is COc1ccc2ncc(CO)c([C@@H](O)CCC3(C(=O)O)CCN(CCSc4cc(F)c(F)c(F)c4)CC3)c2c1. The number of carboxylic acid groups (broad SMARTS) is 1. The molecule has 2 heterocycles. The van der Waals surface area contributed by atoms with E-state index in [0.29, 0.717) is 70.9 Å². The zero-order valence-corrected chi connectivity index (χ0v) is 22.3. The van der Waals surface area contributed by atoms with Gasteiger partial charge in [-0.15, -0.1) is 11.8 Å². The first-order valence-electron chi connectivity index (χ1n) is 12.6. The van der Waals surface area contributed by atoms with Crippen molar-refractivity contribution in [1.29, 1.82) is 0 Å². The lowest BCUT2D eigenvalue weighted by molar-refractivity contribution is -0.153. The average molecular weight is 565 g/mol. The Morgan fingerprint density at radius 1 is 1.18 bits per heavy atom. The van der Waals surface area contributed by atoms with Crippen LogP contribution in [0.4, 0.5) is 13.2 Å². The number of rotatable bonds is 11. The van der Waals surface area contributed by atoms with E-state index in [1.54, 1.807) is 18.2 Å². The van der Waals surface area contributed by atoms with E-state index >= 15 is 0 Å². The number of aliphatic hydroxyl groups excluding tert-OH is 2. The molecular weight excluding hydrogens is 533 g/mol. The highest BCUT2D eigenvalue weighted by Crippen LogP contribution is 2.40. The van der Waals surface area contributed by atoms with Gasteiger partial charge in [0.2, 0.25) is 0 Å². The molecule has 3 aromatic rings. The molecule has 0 amide bonds. The number of piperidine rings is 1. The topological polar surface area (TPSA) is 103 Å². The number of carbonyl (C=O) groups is 1. The molecule has 1 atom stereocenters. The van der Waals surface area contributed by atoms with E-state index in [1.807, 2.05) is 0 Å². The van der Waals surface area contributed by atoms with Crippen LogP contribution in [0.25, 0.3) is 10.9 Å². The molecule has 3 N–H and O–H groups in total. The minimum atomic E-state index is -1.49. The second-order valence-corrected chi connectivity index (χ2v) is 10.9. The Hall–Kier alpha value is -2.86. The van der Waals surface area contributed by atoms with Crippen molar-refractivity contribution in [2.75, 3.05) is 32.5 Å². The van der Waals surface area contributed by atoms with E-state index in [9.17, 15) is 33.3 Å². The van der Waals surface area contributed by atoms with E-state index in [4.69, 9.17) is 4.74 Å². The average Bonchev–Trinajstić information content (AvgIpc) is 2.94. The van der Waals surface area contributed by atoms with Crippen molar-refractivity contribution in [2.24, 2.45) is 5.41 Å². The Bertz CT molecular complexity index is 1310. The number of hydrogen-bond donors (Lipinski definition) is 3. The summed E-state index contributed by atoms with van der Waals surface area (Å²) in [6.07, 6.45) is 1.72. The molecule has 1 fully saturated rings. The molecule has 1 saturated heterocycles. The lowest BCUT2D eigenvalue weighted by Gasteiger charge is -2.39. The molecule has 1 aromatic heterocycles. The maximum Gasteiger partial charge on any atom is 0.309 e. The van der Waals surface area contributed by atoms with Crippen LogP contribution in [0.3, 0.4) is 0 Å². The number of benzene rings is 2. The molecule has 0 saturated carbocycles. The van der Waals surface area contributed by atoms with Gasteiger partial charge >= 0.3 is 5.97 Å². The summed E-state index contributed by atoms with van der Waals surface area (Å²) in [4.78, 5) is 19.1. The predicted octanol–water partition coefficient (Wildman–Crippen LogP) is 4.93. The van der Waals surface area contributed by atoms with E-state index in [2.05, 4.69) is 9.88 Å². The van der Waals surface area contributed by atoms with Crippen LogP contribution in [-0.4, -0.2) is 63.7 Å². The monoisotopic (exact) mass is 564 g/mol. The van der Waals surface area contributed by atoms with Crippen LogP contribution < -0.4 is 4.74 Å². The molecule has 0 aliphatic carbocycles. The van der Waals surface area contributed by atoms with Gasteiger partial charge in [-0.3, -0.25) is 9.78 Å². The van der Waals surface area contributed by atoms with Crippen LogP contribution in [0.5, 0.6) is 5.75 Å². The lowest BCUT2D eigenvalue weighted by atomic mass is 9.74. The summed E-state index contributed by atoms with van der Waals surface area (Å²) in [7, 11) is 1.53. The summed E-state index contributed by atoms with van der Waals surface area (Å²) >= 11 is 1.20. The number of fused-ring (bicyclic) bond motifs is 1. The molecule has 1 aliphatic heterocycles. The van der Waals surface area contributed by atoms with Gasteiger partial charge in [-0.1, -0.05) is 0 Å². The molecule has 1 aliphatic rings. The maximum absolute atomic E-state index is 13.4. The third kappa shape index (κ3) is 6.49. The van der Waals surface area contributed by atoms with Gasteiger partial charge in [0.05, 0.1) is 30.8 Å². The van der Waals surface area contributed by atoms with Crippen LogP contribution in [0.2, 0.25) is 0 Å². The van der Waals surface area contributed by atoms with Crippen LogP contribution in [0.1, 0.15) is 42.9 Å². The number of nitrogens with zero attached hydrogens (tertiary/aromatic N) is 2. The summed E-state index contributed by atoms with van der Waals surface area (Å²) in [5.74, 6) is -3.77. The van der Waals surface area contributed by atoms with Gasteiger partial charge < -0.3 is 25.0 Å². The highest BCUT2D eigenvalue weighted by Gasteiger charge is 2.41. The molecule has 0 unspecified atom stereocenters. The fourth-order valence-corrected chi connectivity index (χ4v) is 6.08. The van der Waals surface area contributed by atoms with E-state index in [0.717, 1.165) is 12.1 Å². The smallest absolute Gasteiger partial charge is 0.309 e. The van der Waals surface area contributed by atoms with E-state index < -0.39 is 34.9 Å². The lowest BCUT2D eigenvalue weighted by Crippen LogP contribution is -2.45. The summed E-state index contributed by atoms with van der Waals surface area (Å²) in [6, 6.07) is 7.19. The number of thioether (sulfide) groups is 1. The van der Waals surface area contributed by atoms with Gasteiger partial charge in [0.25, 0.3) is 0 Å². The van der Waals surface area contributed by atoms with E-state index in [-0.39, 0.29) is 19.4 Å². The van der Waals surface area contributed by atoms with Crippen molar-refractivity contribution in [3.8, 4) is 5.75 Å². The summed E-state index contributed by atoms with van der Waals surface area (Å²) in [6.45, 7) is 1.30. The largest absolute Gasteiger partial charge is 0.497 e. The number of aliphatic carboxylic acids is 1. The van der Waals surface area contributed by atoms with Gasteiger partial charge in [0.1, 0.15) is 5.75 Å². The maximum atomic E-state index is 13.4. The van der Waals surface area contributed by atoms with Crippen molar-refractivity contribution in [1.82, 2.24) is 9.88 Å². The van der Waals surface area contributed by atoms with Gasteiger partial charge in [-0.25, -0.2) is 13.2 Å². The molecule has 11 heteroatoms. The van der Waals surface area contributed by atoms with Crippen LogP contribution in [-0.2, 0) is 11.4 Å². The van der Waals surface area contributed by atoms with Gasteiger partial charge in [0.15, 0.2) is 17.5 Å². The van der Waals surface area contributed by atoms with Crippen molar-refractivity contribution < 1.29 is 38.0 Å². The van der Waals surface area contributed by atoms with Crippen LogP contribution in [0, 0.1) is 22.9 Å². The fraction of sp³-hybridized carbons (Fsp3) is 0.429.